The van der Waals surface area contributed by atoms with Crippen LogP contribution in [0.1, 0.15) is 15.9 Å². The molecule has 0 aliphatic heterocycles. The minimum Gasteiger partial charge on any atom is -0.497 e. The molecule has 0 bridgehead atoms. The lowest BCUT2D eigenvalue weighted by atomic mass is 10.0. The average Bonchev–Trinajstić information content (AvgIpc) is 2.46. The molecule has 0 aliphatic carbocycles. The number of ether oxygens (including phenoxy) is 2. The van der Waals surface area contributed by atoms with Crippen LogP contribution in [0.25, 0.3) is 0 Å². The van der Waals surface area contributed by atoms with Gasteiger partial charge in [-0.05, 0) is 42.5 Å². The fourth-order valence-electron chi connectivity index (χ4n) is 1.72. The van der Waals surface area contributed by atoms with E-state index in [1.165, 1.54) is 7.11 Å². The molecule has 4 heteroatoms. The molecule has 0 N–H and O–H groups in total. The van der Waals surface area contributed by atoms with Crippen molar-refractivity contribution in [1.29, 1.82) is 0 Å². The Kier molecular flexibility index (Phi) is 4.07. The van der Waals surface area contributed by atoms with Gasteiger partial charge in [-0.25, -0.2) is 0 Å². The number of methoxy groups -OCH3 is 2. The molecule has 0 saturated carbocycles. The Bertz CT molecular complexity index is 591. The summed E-state index contributed by atoms with van der Waals surface area (Å²) >= 11 is 6.01. The maximum Gasteiger partial charge on any atom is 0.193 e. The Hall–Kier alpha value is -2.00. The van der Waals surface area contributed by atoms with Crippen LogP contribution in [-0.2, 0) is 0 Å². The number of carbonyl (C=O) groups is 1. The quantitative estimate of drug-likeness (QED) is 0.801. The van der Waals surface area contributed by atoms with Crippen LogP contribution in [0.5, 0.6) is 11.5 Å². The second kappa shape index (κ2) is 5.76. The average molecular weight is 277 g/mol. The van der Waals surface area contributed by atoms with E-state index in [4.69, 9.17) is 21.1 Å². The second-order valence-corrected chi connectivity index (χ2v) is 4.31. The predicted octanol–water partition coefficient (Wildman–Crippen LogP) is 3.59. The first-order valence-corrected chi connectivity index (χ1v) is 6.06. The summed E-state index contributed by atoms with van der Waals surface area (Å²) in [6.45, 7) is 0. The Balaban J connectivity index is 2.30. The van der Waals surface area contributed by atoms with E-state index in [2.05, 4.69) is 0 Å². The number of benzene rings is 2. The summed E-state index contributed by atoms with van der Waals surface area (Å²) in [7, 11) is 3.12. The van der Waals surface area contributed by atoms with Gasteiger partial charge in [-0.3, -0.25) is 4.79 Å². The summed E-state index contributed by atoms with van der Waals surface area (Å²) in [6, 6.07) is 11.9. The Morgan fingerprint density at radius 2 is 1.58 bits per heavy atom. The van der Waals surface area contributed by atoms with Crippen LogP contribution in [0.4, 0.5) is 0 Å². The normalized spacial score (nSPS) is 10.1. The molecular formula is C15H13ClO3. The van der Waals surface area contributed by atoms with Gasteiger partial charge in [0.1, 0.15) is 11.5 Å². The first-order valence-electron chi connectivity index (χ1n) is 5.68. The van der Waals surface area contributed by atoms with E-state index in [-0.39, 0.29) is 5.78 Å². The zero-order chi connectivity index (χ0) is 13.8. The lowest BCUT2D eigenvalue weighted by Crippen LogP contribution is -2.01. The fraction of sp³-hybridized carbons (Fsp3) is 0.133. The summed E-state index contributed by atoms with van der Waals surface area (Å²) in [6.07, 6.45) is 0. The summed E-state index contributed by atoms with van der Waals surface area (Å²) in [5.74, 6) is 1.17. The third-order valence-electron chi connectivity index (χ3n) is 2.77. The van der Waals surface area contributed by atoms with Crippen LogP contribution in [-0.4, -0.2) is 20.0 Å². The number of carbonyl (C=O) groups excluding carboxylic acids is 1. The van der Waals surface area contributed by atoms with Gasteiger partial charge in [0.25, 0.3) is 0 Å². The molecular weight excluding hydrogens is 264 g/mol. The largest absolute Gasteiger partial charge is 0.497 e. The molecule has 2 aromatic carbocycles. The predicted molar refractivity (Wildman–Crippen MR) is 74.4 cm³/mol. The Morgan fingerprint density at radius 3 is 2.11 bits per heavy atom. The highest BCUT2D eigenvalue weighted by molar-refractivity contribution is 6.32. The van der Waals surface area contributed by atoms with E-state index in [1.54, 1.807) is 49.6 Å². The molecule has 0 aliphatic rings. The van der Waals surface area contributed by atoms with Crippen molar-refractivity contribution in [3.05, 3.63) is 58.6 Å². The molecule has 19 heavy (non-hydrogen) atoms. The van der Waals surface area contributed by atoms with Gasteiger partial charge in [0, 0.05) is 11.1 Å². The molecule has 0 spiro atoms. The standard InChI is InChI=1S/C15H13ClO3/c1-18-12-6-3-10(4-7-12)15(17)11-5-8-14(19-2)13(16)9-11/h3-9H,1-2H3. The van der Waals surface area contributed by atoms with Crippen molar-refractivity contribution < 1.29 is 14.3 Å². The van der Waals surface area contributed by atoms with Crippen molar-refractivity contribution in [3.8, 4) is 11.5 Å². The molecule has 2 rings (SSSR count). The minimum atomic E-state index is -0.0905. The molecule has 0 radical (unpaired) electrons. The van der Waals surface area contributed by atoms with Crippen LogP contribution in [0.15, 0.2) is 42.5 Å². The molecule has 0 heterocycles. The van der Waals surface area contributed by atoms with Crippen molar-refractivity contribution in [2.45, 2.75) is 0 Å². The summed E-state index contributed by atoms with van der Waals surface area (Å²) in [5.41, 5.74) is 1.11. The van der Waals surface area contributed by atoms with Crippen LogP contribution < -0.4 is 9.47 Å². The number of rotatable bonds is 4. The van der Waals surface area contributed by atoms with Crippen LogP contribution in [0, 0.1) is 0 Å². The maximum absolute atomic E-state index is 12.3. The van der Waals surface area contributed by atoms with Crippen molar-refractivity contribution in [2.75, 3.05) is 14.2 Å². The van der Waals surface area contributed by atoms with Crippen molar-refractivity contribution >= 4 is 17.4 Å². The molecule has 0 amide bonds. The molecule has 3 nitrogen and oxygen atoms in total. The van der Waals surface area contributed by atoms with Gasteiger partial charge in [-0.15, -0.1) is 0 Å². The highest BCUT2D eigenvalue weighted by Gasteiger charge is 2.11. The van der Waals surface area contributed by atoms with Crippen LogP contribution >= 0.6 is 11.6 Å². The lowest BCUT2D eigenvalue weighted by Gasteiger charge is -2.06. The van der Waals surface area contributed by atoms with Gasteiger partial charge in [0.2, 0.25) is 0 Å². The van der Waals surface area contributed by atoms with E-state index in [0.717, 1.165) is 0 Å². The van der Waals surface area contributed by atoms with Gasteiger partial charge >= 0.3 is 0 Å². The molecule has 0 aromatic heterocycles. The highest BCUT2D eigenvalue weighted by atomic mass is 35.5. The molecule has 0 fully saturated rings. The monoisotopic (exact) mass is 276 g/mol. The first-order chi connectivity index (χ1) is 9.15. The Labute approximate surface area is 116 Å². The van der Waals surface area contributed by atoms with E-state index in [9.17, 15) is 4.79 Å². The van der Waals surface area contributed by atoms with Gasteiger partial charge in [0.15, 0.2) is 5.78 Å². The fourth-order valence-corrected chi connectivity index (χ4v) is 1.97. The molecule has 0 unspecified atom stereocenters. The SMILES string of the molecule is COc1ccc(C(=O)c2ccc(OC)c(Cl)c2)cc1. The topological polar surface area (TPSA) is 35.5 Å². The van der Waals surface area contributed by atoms with E-state index in [1.807, 2.05) is 0 Å². The highest BCUT2D eigenvalue weighted by Crippen LogP contribution is 2.26. The van der Waals surface area contributed by atoms with E-state index in [0.29, 0.717) is 27.6 Å². The van der Waals surface area contributed by atoms with Crippen LogP contribution in [0.3, 0.4) is 0 Å². The third kappa shape index (κ3) is 2.88. The summed E-state index contributed by atoms with van der Waals surface area (Å²) in [5, 5.41) is 0.418. The van der Waals surface area contributed by atoms with Gasteiger partial charge < -0.3 is 9.47 Å². The van der Waals surface area contributed by atoms with E-state index < -0.39 is 0 Å². The third-order valence-corrected chi connectivity index (χ3v) is 3.06. The number of hydrogen-bond acceptors (Lipinski definition) is 3. The molecule has 98 valence electrons. The smallest absolute Gasteiger partial charge is 0.193 e. The number of hydrogen-bond donors (Lipinski definition) is 0. The number of halogens is 1. The summed E-state index contributed by atoms with van der Waals surface area (Å²) < 4.78 is 10.1. The van der Waals surface area contributed by atoms with E-state index >= 15 is 0 Å². The zero-order valence-electron chi connectivity index (χ0n) is 10.6. The van der Waals surface area contributed by atoms with Crippen molar-refractivity contribution in [3.63, 3.8) is 0 Å². The lowest BCUT2D eigenvalue weighted by molar-refractivity contribution is 0.103. The zero-order valence-corrected chi connectivity index (χ0v) is 11.4. The number of ketones is 1. The maximum atomic E-state index is 12.3. The first kappa shape index (κ1) is 13.4. The van der Waals surface area contributed by atoms with Crippen molar-refractivity contribution in [1.82, 2.24) is 0 Å². The minimum absolute atomic E-state index is 0.0905. The molecule has 0 saturated heterocycles. The molecule has 2 aromatic rings. The second-order valence-electron chi connectivity index (χ2n) is 3.91. The van der Waals surface area contributed by atoms with Gasteiger partial charge in [-0.2, -0.15) is 0 Å². The molecule has 0 atom stereocenters. The van der Waals surface area contributed by atoms with Crippen molar-refractivity contribution in [2.24, 2.45) is 0 Å². The van der Waals surface area contributed by atoms with Gasteiger partial charge in [-0.1, -0.05) is 11.6 Å². The van der Waals surface area contributed by atoms with Gasteiger partial charge in [0.05, 0.1) is 19.2 Å². The summed E-state index contributed by atoms with van der Waals surface area (Å²) in [4.78, 5) is 12.3. The Morgan fingerprint density at radius 1 is 0.947 bits per heavy atom. The van der Waals surface area contributed by atoms with Crippen LogP contribution in [0.2, 0.25) is 5.02 Å².